The van der Waals surface area contributed by atoms with E-state index in [-0.39, 0.29) is 18.4 Å². The number of rotatable bonds is 4. The van der Waals surface area contributed by atoms with Crippen molar-refractivity contribution >= 4 is 11.8 Å². The largest absolute Gasteiger partial charge is 0.497 e. The number of aliphatic hydroxyl groups is 1. The van der Waals surface area contributed by atoms with Crippen LogP contribution in [0.1, 0.15) is 19.4 Å². The molecule has 1 heterocycles. The summed E-state index contributed by atoms with van der Waals surface area (Å²) in [6.07, 6.45) is -0.938. The van der Waals surface area contributed by atoms with Gasteiger partial charge in [0.05, 0.1) is 13.2 Å². The fourth-order valence-electron chi connectivity index (χ4n) is 2.51. The van der Waals surface area contributed by atoms with Gasteiger partial charge in [-0.3, -0.25) is 9.59 Å². The number of hydrogen-bond donors (Lipinski definition) is 2. The minimum atomic E-state index is -0.938. The maximum absolute atomic E-state index is 12.3. The van der Waals surface area contributed by atoms with Crippen molar-refractivity contribution in [1.82, 2.24) is 10.2 Å². The Morgan fingerprint density at radius 1 is 1.43 bits per heavy atom. The Balaban J connectivity index is 2.28. The number of hydrogen-bond acceptors (Lipinski definition) is 4. The molecule has 2 rings (SSSR count). The smallest absolute Gasteiger partial charge is 0.246 e. The first-order valence-electron chi connectivity index (χ1n) is 6.86. The van der Waals surface area contributed by atoms with E-state index in [1.165, 1.54) is 11.8 Å². The Morgan fingerprint density at radius 3 is 2.76 bits per heavy atom. The van der Waals surface area contributed by atoms with E-state index in [2.05, 4.69) is 5.32 Å². The minimum absolute atomic E-state index is 0.205. The van der Waals surface area contributed by atoms with Gasteiger partial charge < -0.3 is 20.1 Å². The summed E-state index contributed by atoms with van der Waals surface area (Å²) in [7, 11) is 1.57. The molecule has 1 aliphatic heterocycles. The Labute approximate surface area is 123 Å². The monoisotopic (exact) mass is 292 g/mol. The molecule has 0 spiro atoms. The van der Waals surface area contributed by atoms with E-state index < -0.39 is 18.2 Å². The molecule has 21 heavy (non-hydrogen) atoms. The number of nitrogens with one attached hydrogen (secondary N) is 1. The molecular weight excluding hydrogens is 272 g/mol. The number of amides is 2. The Kier molecular flexibility index (Phi) is 4.47. The highest BCUT2D eigenvalue weighted by molar-refractivity contribution is 5.97. The van der Waals surface area contributed by atoms with Gasteiger partial charge in [-0.1, -0.05) is 12.1 Å². The number of nitrogens with zero attached hydrogens (tertiary/aromatic N) is 1. The second-order valence-electron chi connectivity index (χ2n) is 5.23. The lowest BCUT2D eigenvalue weighted by Crippen LogP contribution is -2.65. The van der Waals surface area contributed by atoms with Gasteiger partial charge in [0.15, 0.2) is 0 Å². The summed E-state index contributed by atoms with van der Waals surface area (Å²) in [5, 5.41) is 12.4. The van der Waals surface area contributed by atoms with Crippen molar-refractivity contribution in [3.63, 3.8) is 0 Å². The first-order valence-corrected chi connectivity index (χ1v) is 6.86. The molecule has 0 aliphatic carbocycles. The molecule has 0 radical (unpaired) electrons. The van der Waals surface area contributed by atoms with E-state index >= 15 is 0 Å². The fourth-order valence-corrected chi connectivity index (χ4v) is 2.51. The summed E-state index contributed by atoms with van der Waals surface area (Å²) in [4.78, 5) is 25.8. The van der Waals surface area contributed by atoms with Gasteiger partial charge in [-0.2, -0.15) is 0 Å². The van der Waals surface area contributed by atoms with Gasteiger partial charge in [0, 0.05) is 6.54 Å². The van der Waals surface area contributed by atoms with Gasteiger partial charge in [-0.05, 0) is 31.5 Å². The molecule has 6 nitrogen and oxygen atoms in total. The Morgan fingerprint density at radius 2 is 2.14 bits per heavy atom. The fraction of sp³-hybridized carbons (Fsp3) is 0.467. The summed E-state index contributed by atoms with van der Waals surface area (Å²) in [6.45, 7) is 3.40. The molecule has 0 aromatic heterocycles. The van der Waals surface area contributed by atoms with Gasteiger partial charge in [-0.25, -0.2) is 0 Å². The van der Waals surface area contributed by atoms with Crippen molar-refractivity contribution in [2.75, 3.05) is 7.11 Å². The third kappa shape index (κ3) is 3.16. The van der Waals surface area contributed by atoms with Crippen molar-refractivity contribution < 1.29 is 19.4 Å². The first kappa shape index (κ1) is 15.3. The molecule has 1 fully saturated rings. The van der Waals surface area contributed by atoms with Gasteiger partial charge >= 0.3 is 0 Å². The highest BCUT2D eigenvalue weighted by Gasteiger charge is 2.40. The number of benzene rings is 1. The predicted molar refractivity (Wildman–Crippen MR) is 76.6 cm³/mol. The number of ether oxygens (including phenoxy) is 1. The molecule has 2 amide bonds. The number of carbonyl (C=O) groups excluding carboxylic acids is 2. The van der Waals surface area contributed by atoms with Gasteiger partial charge in [0.25, 0.3) is 0 Å². The molecule has 0 unspecified atom stereocenters. The molecule has 1 aliphatic rings. The van der Waals surface area contributed by atoms with Crippen LogP contribution in [-0.2, 0) is 16.1 Å². The lowest BCUT2D eigenvalue weighted by atomic mass is 10.0. The summed E-state index contributed by atoms with van der Waals surface area (Å²) in [6, 6.07) is 5.83. The maximum atomic E-state index is 12.3. The summed E-state index contributed by atoms with van der Waals surface area (Å²) in [5.41, 5.74) is 0.843. The SMILES string of the molecule is COc1cccc(CN2C(=O)[C@H](C)NC(=O)[C@H]2[C@@H](C)O)c1. The number of methoxy groups -OCH3 is 1. The Bertz CT molecular complexity index is 544. The highest BCUT2D eigenvalue weighted by Crippen LogP contribution is 2.20. The number of aliphatic hydroxyl groups excluding tert-OH is 1. The predicted octanol–water partition coefficient (Wildman–Crippen LogP) is 0.291. The van der Waals surface area contributed by atoms with Crippen LogP contribution in [0, 0.1) is 0 Å². The topological polar surface area (TPSA) is 78.9 Å². The number of carbonyl (C=O) groups is 2. The lowest BCUT2D eigenvalue weighted by molar-refractivity contribution is -0.153. The molecule has 1 aromatic carbocycles. The van der Waals surface area contributed by atoms with Crippen molar-refractivity contribution in [2.45, 2.75) is 38.6 Å². The van der Waals surface area contributed by atoms with E-state index in [1.807, 2.05) is 24.3 Å². The average Bonchev–Trinajstić information content (AvgIpc) is 2.44. The van der Waals surface area contributed by atoms with Crippen molar-refractivity contribution in [2.24, 2.45) is 0 Å². The number of piperazine rings is 1. The first-order chi connectivity index (χ1) is 9.93. The van der Waals surface area contributed by atoms with Crippen molar-refractivity contribution in [1.29, 1.82) is 0 Å². The summed E-state index contributed by atoms with van der Waals surface area (Å²) in [5.74, 6) is 0.145. The standard InChI is InChI=1S/C15H20N2O4/c1-9-15(20)17(13(10(2)18)14(19)16-9)8-11-5-4-6-12(7-11)21-3/h4-7,9-10,13,18H,8H2,1-3H3,(H,16,19)/t9-,10+,13+/m0/s1. The van der Waals surface area contributed by atoms with Gasteiger partial charge in [0.2, 0.25) is 11.8 Å². The Hall–Kier alpha value is -2.08. The van der Waals surface area contributed by atoms with Crippen LogP contribution in [0.5, 0.6) is 5.75 Å². The second-order valence-corrected chi connectivity index (χ2v) is 5.23. The molecule has 3 atom stereocenters. The van der Waals surface area contributed by atoms with Gasteiger partial charge in [-0.15, -0.1) is 0 Å². The zero-order valence-corrected chi connectivity index (χ0v) is 12.4. The second kappa shape index (κ2) is 6.13. The van der Waals surface area contributed by atoms with Gasteiger partial charge in [0.1, 0.15) is 17.8 Å². The molecular formula is C15H20N2O4. The van der Waals surface area contributed by atoms with Crippen LogP contribution < -0.4 is 10.1 Å². The van der Waals surface area contributed by atoms with Crippen LogP contribution >= 0.6 is 0 Å². The van der Waals surface area contributed by atoms with Crippen LogP contribution in [0.3, 0.4) is 0 Å². The van der Waals surface area contributed by atoms with E-state index in [0.29, 0.717) is 5.75 Å². The van der Waals surface area contributed by atoms with Crippen LogP contribution in [0.2, 0.25) is 0 Å². The van der Waals surface area contributed by atoms with Crippen LogP contribution in [0.15, 0.2) is 24.3 Å². The highest BCUT2D eigenvalue weighted by atomic mass is 16.5. The molecule has 0 bridgehead atoms. The summed E-state index contributed by atoms with van der Waals surface area (Å²) < 4.78 is 5.16. The molecule has 1 saturated heterocycles. The quantitative estimate of drug-likeness (QED) is 0.836. The third-order valence-electron chi connectivity index (χ3n) is 3.56. The molecule has 1 aromatic rings. The molecule has 2 N–H and O–H groups in total. The van der Waals surface area contributed by atoms with Crippen molar-refractivity contribution in [3.8, 4) is 5.75 Å². The van der Waals surface area contributed by atoms with Crippen LogP contribution in [0.25, 0.3) is 0 Å². The normalized spacial score (nSPS) is 23.7. The lowest BCUT2D eigenvalue weighted by Gasteiger charge is -2.39. The van der Waals surface area contributed by atoms with Crippen LogP contribution in [-0.4, -0.2) is 47.1 Å². The summed E-state index contributed by atoms with van der Waals surface area (Å²) >= 11 is 0. The molecule has 114 valence electrons. The van der Waals surface area contributed by atoms with E-state index in [4.69, 9.17) is 4.74 Å². The van der Waals surface area contributed by atoms with E-state index in [1.54, 1.807) is 14.0 Å². The zero-order chi connectivity index (χ0) is 15.6. The van der Waals surface area contributed by atoms with Crippen LogP contribution in [0.4, 0.5) is 0 Å². The third-order valence-corrected chi connectivity index (χ3v) is 3.56. The van der Waals surface area contributed by atoms with E-state index in [0.717, 1.165) is 5.56 Å². The maximum Gasteiger partial charge on any atom is 0.246 e. The molecule has 0 saturated carbocycles. The van der Waals surface area contributed by atoms with Crippen molar-refractivity contribution in [3.05, 3.63) is 29.8 Å². The van der Waals surface area contributed by atoms with E-state index in [9.17, 15) is 14.7 Å². The zero-order valence-electron chi connectivity index (χ0n) is 12.4. The molecule has 6 heteroatoms. The average molecular weight is 292 g/mol. The minimum Gasteiger partial charge on any atom is -0.497 e.